The lowest BCUT2D eigenvalue weighted by molar-refractivity contribution is 0.0979. The third kappa shape index (κ3) is 2.27. The Morgan fingerprint density at radius 3 is 1.96 bits per heavy atom. The Bertz CT molecular complexity index is 1100. The Labute approximate surface area is 154 Å². The van der Waals surface area contributed by atoms with Crippen molar-refractivity contribution in [2.45, 2.75) is 0 Å². The first kappa shape index (κ1) is 16.2. The molecule has 5 heteroatoms. The molecule has 0 saturated heterocycles. The van der Waals surface area contributed by atoms with Crippen LogP contribution in [-0.4, -0.2) is 17.3 Å². The van der Waals surface area contributed by atoms with Gasteiger partial charge in [0.25, 0.3) is 0 Å². The summed E-state index contributed by atoms with van der Waals surface area (Å²) in [4.78, 5) is 38.5. The standard InChI is InChI=1S/C21H12ClNO3/c22-15-10-14(19(24)11-6-2-1-3-7-11)18(23)17-16(15)20(25)12-8-4-5-9-13(12)21(17)26/h1-10H,23H2. The summed E-state index contributed by atoms with van der Waals surface area (Å²) in [5, 5.41) is 0.0429. The van der Waals surface area contributed by atoms with E-state index in [1.807, 2.05) is 0 Å². The van der Waals surface area contributed by atoms with Crippen LogP contribution in [0.5, 0.6) is 0 Å². The van der Waals surface area contributed by atoms with E-state index in [4.69, 9.17) is 17.3 Å². The summed E-state index contributed by atoms with van der Waals surface area (Å²) in [5.74, 6) is -1.13. The Kier molecular flexibility index (Phi) is 3.71. The van der Waals surface area contributed by atoms with Gasteiger partial charge in [-0.05, 0) is 6.07 Å². The van der Waals surface area contributed by atoms with E-state index in [9.17, 15) is 14.4 Å². The van der Waals surface area contributed by atoms with E-state index in [-0.39, 0.29) is 50.1 Å². The zero-order valence-corrected chi connectivity index (χ0v) is 14.2. The first-order chi connectivity index (χ1) is 12.5. The van der Waals surface area contributed by atoms with Gasteiger partial charge in [0, 0.05) is 22.3 Å². The molecular weight excluding hydrogens is 350 g/mol. The molecule has 1 aliphatic rings. The van der Waals surface area contributed by atoms with E-state index in [0.717, 1.165) is 0 Å². The van der Waals surface area contributed by atoms with Gasteiger partial charge in [-0.1, -0.05) is 66.2 Å². The molecule has 0 unspecified atom stereocenters. The fourth-order valence-corrected chi connectivity index (χ4v) is 3.49. The average Bonchev–Trinajstić information content (AvgIpc) is 2.67. The number of benzene rings is 3. The van der Waals surface area contributed by atoms with Crippen molar-refractivity contribution in [2.75, 3.05) is 5.73 Å². The first-order valence-corrected chi connectivity index (χ1v) is 8.28. The number of ketones is 3. The van der Waals surface area contributed by atoms with Crippen LogP contribution < -0.4 is 5.73 Å². The van der Waals surface area contributed by atoms with E-state index in [2.05, 4.69) is 0 Å². The quantitative estimate of drug-likeness (QED) is 0.433. The second-order valence-corrected chi connectivity index (χ2v) is 6.38. The minimum absolute atomic E-state index is 0.000445. The number of nitrogens with two attached hydrogens (primary N) is 1. The molecule has 0 amide bonds. The van der Waals surface area contributed by atoms with Crippen LogP contribution in [0.25, 0.3) is 0 Å². The summed E-state index contributed by atoms with van der Waals surface area (Å²) >= 11 is 6.30. The molecule has 2 N–H and O–H groups in total. The van der Waals surface area contributed by atoms with Crippen LogP contribution in [0.3, 0.4) is 0 Å². The maximum absolute atomic E-state index is 12.9. The molecule has 3 aromatic rings. The highest BCUT2D eigenvalue weighted by molar-refractivity contribution is 6.41. The van der Waals surface area contributed by atoms with Crippen molar-refractivity contribution in [3.8, 4) is 0 Å². The van der Waals surface area contributed by atoms with Crippen molar-refractivity contribution >= 4 is 34.6 Å². The minimum Gasteiger partial charge on any atom is -0.398 e. The smallest absolute Gasteiger partial charge is 0.196 e. The highest BCUT2D eigenvalue weighted by Gasteiger charge is 2.35. The molecule has 26 heavy (non-hydrogen) atoms. The van der Waals surface area contributed by atoms with Crippen LogP contribution in [0.1, 0.15) is 47.8 Å². The first-order valence-electron chi connectivity index (χ1n) is 7.91. The number of hydrogen-bond acceptors (Lipinski definition) is 4. The second-order valence-electron chi connectivity index (χ2n) is 5.97. The Morgan fingerprint density at radius 2 is 1.35 bits per heavy atom. The lowest BCUT2D eigenvalue weighted by Gasteiger charge is -2.21. The van der Waals surface area contributed by atoms with Gasteiger partial charge in [-0.25, -0.2) is 0 Å². The predicted octanol–water partition coefficient (Wildman–Crippen LogP) is 3.93. The third-order valence-corrected chi connectivity index (χ3v) is 4.77. The highest BCUT2D eigenvalue weighted by Crippen LogP contribution is 2.37. The highest BCUT2D eigenvalue weighted by atomic mass is 35.5. The molecule has 0 bridgehead atoms. The molecule has 0 radical (unpaired) electrons. The lowest BCUT2D eigenvalue weighted by atomic mass is 9.81. The topological polar surface area (TPSA) is 77.2 Å². The zero-order valence-electron chi connectivity index (χ0n) is 13.5. The van der Waals surface area contributed by atoms with Crippen LogP contribution in [0, 0.1) is 0 Å². The van der Waals surface area contributed by atoms with Gasteiger partial charge in [0.2, 0.25) is 0 Å². The molecule has 0 spiro atoms. The van der Waals surface area contributed by atoms with Crippen molar-refractivity contribution in [1.82, 2.24) is 0 Å². The fraction of sp³-hybridized carbons (Fsp3) is 0. The zero-order chi connectivity index (χ0) is 18.4. The molecule has 4 nitrogen and oxygen atoms in total. The van der Waals surface area contributed by atoms with Gasteiger partial charge >= 0.3 is 0 Å². The van der Waals surface area contributed by atoms with E-state index in [1.165, 1.54) is 6.07 Å². The van der Waals surface area contributed by atoms with Crippen molar-refractivity contribution in [3.05, 3.63) is 99.1 Å². The number of halogens is 1. The number of carbonyl (C=O) groups is 3. The normalized spacial score (nSPS) is 12.5. The van der Waals surface area contributed by atoms with Crippen LogP contribution in [-0.2, 0) is 0 Å². The van der Waals surface area contributed by atoms with Crippen molar-refractivity contribution < 1.29 is 14.4 Å². The number of anilines is 1. The molecule has 0 atom stereocenters. The van der Waals surface area contributed by atoms with E-state index >= 15 is 0 Å². The monoisotopic (exact) mass is 361 g/mol. The number of hydrogen-bond donors (Lipinski definition) is 1. The number of carbonyl (C=O) groups excluding carboxylic acids is 3. The van der Waals surface area contributed by atoms with Gasteiger partial charge in [0.15, 0.2) is 17.3 Å². The summed E-state index contributed by atoms with van der Waals surface area (Å²) < 4.78 is 0. The lowest BCUT2D eigenvalue weighted by Crippen LogP contribution is -2.24. The fourth-order valence-electron chi connectivity index (χ4n) is 3.20. The molecule has 0 saturated carbocycles. The van der Waals surface area contributed by atoms with Crippen LogP contribution in [0.15, 0.2) is 60.7 Å². The van der Waals surface area contributed by atoms with Gasteiger partial charge < -0.3 is 5.73 Å². The predicted molar refractivity (Wildman–Crippen MR) is 99.0 cm³/mol. The summed E-state index contributed by atoms with van der Waals surface area (Å²) in [7, 11) is 0. The maximum atomic E-state index is 12.9. The Balaban J connectivity index is 1.96. The molecule has 0 aliphatic heterocycles. The van der Waals surface area contributed by atoms with E-state index in [0.29, 0.717) is 5.56 Å². The summed E-state index contributed by atoms with van der Waals surface area (Å²) in [6.45, 7) is 0. The van der Waals surface area contributed by atoms with Gasteiger partial charge in [0.1, 0.15) is 0 Å². The van der Waals surface area contributed by atoms with E-state index in [1.54, 1.807) is 54.6 Å². The molecule has 126 valence electrons. The summed E-state index contributed by atoms with van der Waals surface area (Å²) in [6.07, 6.45) is 0. The molecule has 3 aromatic carbocycles. The van der Waals surface area contributed by atoms with Crippen molar-refractivity contribution in [1.29, 1.82) is 0 Å². The second kappa shape index (κ2) is 5.93. The largest absolute Gasteiger partial charge is 0.398 e. The van der Waals surface area contributed by atoms with Crippen LogP contribution in [0.4, 0.5) is 5.69 Å². The Morgan fingerprint density at radius 1 is 0.808 bits per heavy atom. The molecule has 0 aromatic heterocycles. The van der Waals surface area contributed by atoms with Gasteiger partial charge in [-0.2, -0.15) is 0 Å². The summed E-state index contributed by atoms with van der Waals surface area (Å²) in [5.41, 5.74) is 7.28. The number of nitrogen functional groups attached to an aromatic ring is 1. The van der Waals surface area contributed by atoms with Crippen LogP contribution >= 0.6 is 11.6 Å². The third-order valence-electron chi connectivity index (χ3n) is 4.47. The molecule has 4 rings (SSSR count). The maximum Gasteiger partial charge on any atom is 0.196 e. The van der Waals surface area contributed by atoms with Gasteiger partial charge in [-0.3, -0.25) is 14.4 Å². The minimum atomic E-state index is -0.405. The molecular formula is C21H12ClNO3. The van der Waals surface area contributed by atoms with Gasteiger partial charge in [0.05, 0.1) is 21.8 Å². The van der Waals surface area contributed by atoms with Gasteiger partial charge in [-0.15, -0.1) is 0 Å². The van der Waals surface area contributed by atoms with Crippen molar-refractivity contribution in [2.24, 2.45) is 0 Å². The number of rotatable bonds is 2. The summed E-state index contributed by atoms with van der Waals surface area (Å²) in [6, 6.07) is 16.4. The average molecular weight is 362 g/mol. The van der Waals surface area contributed by atoms with Crippen molar-refractivity contribution in [3.63, 3.8) is 0 Å². The van der Waals surface area contributed by atoms with E-state index < -0.39 is 5.78 Å². The SMILES string of the molecule is Nc1c(C(=O)c2ccccc2)cc(Cl)c2c1C(=O)c1ccccc1C2=O. The number of fused-ring (bicyclic) bond motifs is 2. The molecule has 0 fully saturated rings. The molecule has 1 aliphatic carbocycles. The molecule has 0 heterocycles. The Hall–Kier alpha value is -3.24. The van der Waals surface area contributed by atoms with Crippen LogP contribution in [0.2, 0.25) is 5.02 Å².